The normalized spacial score (nSPS) is 15.2. The Balaban J connectivity index is 3.03. The summed E-state index contributed by atoms with van der Waals surface area (Å²) in [6.07, 6.45) is -0.670. The first-order valence-corrected chi connectivity index (χ1v) is 6.06. The van der Waals surface area contributed by atoms with Gasteiger partial charge in [0, 0.05) is 11.5 Å². The number of aliphatic hydroxyl groups is 1. The van der Waals surface area contributed by atoms with Crippen LogP contribution >= 0.6 is 23.2 Å². The zero-order valence-electron chi connectivity index (χ0n) is 9.45. The first-order chi connectivity index (χ1) is 7.49. The lowest BCUT2D eigenvalue weighted by atomic mass is 9.86. The van der Waals surface area contributed by atoms with Crippen LogP contribution in [0.3, 0.4) is 0 Å². The Morgan fingerprint density at radius 2 is 1.94 bits per heavy atom. The zero-order valence-corrected chi connectivity index (χ0v) is 11.0. The molecule has 0 aromatic heterocycles. The number of benzene rings is 1. The largest absolute Gasteiger partial charge is 0.388 e. The van der Waals surface area contributed by atoms with Crippen molar-refractivity contribution in [3.05, 3.63) is 33.8 Å². The Labute approximate surface area is 106 Å². The Hall–Kier alpha value is -0.280. The minimum atomic E-state index is -0.670. The van der Waals surface area contributed by atoms with Gasteiger partial charge in [-0.15, -0.1) is 0 Å². The predicted molar refractivity (Wildman–Crippen MR) is 68.8 cm³/mol. The molecule has 0 heterocycles. The molecular formula is C12H17Cl2NO. The second kappa shape index (κ2) is 5.87. The maximum absolute atomic E-state index is 10.2. The van der Waals surface area contributed by atoms with Gasteiger partial charge in [-0.2, -0.15) is 0 Å². The zero-order chi connectivity index (χ0) is 12.3. The van der Waals surface area contributed by atoms with Crippen molar-refractivity contribution >= 4 is 23.2 Å². The van der Waals surface area contributed by atoms with Crippen molar-refractivity contribution in [2.75, 3.05) is 6.54 Å². The summed E-state index contributed by atoms with van der Waals surface area (Å²) in [5.41, 5.74) is 6.32. The van der Waals surface area contributed by atoms with Crippen LogP contribution < -0.4 is 5.73 Å². The van der Waals surface area contributed by atoms with Crippen LogP contribution in [0.1, 0.15) is 25.5 Å². The fourth-order valence-corrected chi connectivity index (χ4v) is 2.16. The van der Waals surface area contributed by atoms with Gasteiger partial charge in [0.05, 0.1) is 16.1 Å². The molecule has 2 unspecified atom stereocenters. The van der Waals surface area contributed by atoms with E-state index in [0.717, 1.165) is 0 Å². The third kappa shape index (κ3) is 2.89. The molecule has 4 heteroatoms. The van der Waals surface area contributed by atoms with Gasteiger partial charge in [0.1, 0.15) is 0 Å². The van der Waals surface area contributed by atoms with Crippen molar-refractivity contribution in [2.45, 2.75) is 20.0 Å². The van der Waals surface area contributed by atoms with Gasteiger partial charge in [-0.3, -0.25) is 0 Å². The van der Waals surface area contributed by atoms with Crippen LogP contribution in [0.5, 0.6) is 0 Å². The number of halogens is 2. The minimum absolute atomic E-state index is 0.0176. The fourth-order valence-electron chi connectivity index (χ4n) is 1.75. The smallest absolute Gasteiger partial charge is 0.0847 e. The molecule has 0 saturated carbocycles. The van der Waals surface area contributed by atoms with Gasteiger partial charge in [-0.1, -0.05) is 49.2 Å². The second-order valence-corrected chi connectivity index (χ2v) is 5.02. The maximum atomic E-state index is 10.2. The van der Waals surface area contributed by atoms with Crippen molar-refractivity contribution in [1.82, 2.24) is 0 Å². The Morgan fingerprint density at radius 1 is 1.31 bits per heavy atom. The molecule has 0 radical (unpaired) electrons. The van der Waals surface area contributed by atoms with Gasteiger partial charge < -0.3 is 10.8 Å². The standard InChI is InChI=1S/C12H17Cl2NO/c1-7(2)9(6-15)12(16)8-4-3-5-10(13)11(8)14/h3-5,7,9,12,16H,6,15H2,1-2H3. The lowest BCUT2D eigenvalue weighted by Gasteiger charge is -2.26. The van der Waals surface area contributed by atoms with Crippen molar-refractivity contribution in [2.24, 2.45) is 17.6 Å². The first kappa shape index (κ1) is 13.8. The van der Waals surface area contributed by atoms with E-state index >= 15 is 0 Å². The van der Waals surface area contributed by atoms with Crippen LogP contribution in [0.25, 0.3) is 0 Å². The Morgan fingerprint density at radius 3 is 2.44 bits per heavy atom. The Kier molecular flexibility index (Phi) is 5.06. The van der Waals surface area contributed by atoms with Crippen molar-refractivity contribution in [3.63, 3.8) is 0 Å². The quantitative estimate of drug-likeness (QED) is 0.874. The lowest BCUT2D eigenvalue weighted by molar-refractivity contribution is 0.0862. The maximum Gasteiger partial charge on any atom is 0.0847 e. The van der Waals surface area contributed by atoms with E-state index in [0.29, 0.717) is 22.2 Å². The van der Waals surface area contributed by atoms with E-state index in [1.807, 2.05) is 13.8 Å². The topological polar surface area (TPSA) is 46.2 Å². The lowest BCUT2D eigenvalue weighted by Crippen LogP contribution is -2.26. The van der Waals surface area contributed by atoms with Crippen LogP contribution in [-0.2, 0) is 0 Å². The molecular weight excluding hydrogens is 245 g/mol. The number of hydrogen-bond acceptors (Lipinski definition) is 2. The highest BCUT2D eigenvalue weighted by Gasteiger charge is 2.25. The molecule has 0 aliphatic heterocycles. The summed E-state index contributed by atoms with van der Waals surface area (Å²) < 4.78 is 0. The summed E-state index contributed by atoms with van der Waals surface area (Å²) in [7, 11) is 0. The number of aliphatic hydroxyl groups excluding tert-OH is 1. The molecule has 16 heavy (non-hydrogen) atoms. The molecule has 1 aromatic rings. The molecule has 2 nitrogen and oxygen atoms in total. The van der Waals surface area contributed by atoms with E-state index in [1.165, 1.54) is 0 Å². The predicted octanol–water partition coefficient (Wildman–Crippen LogP) is 3.26. The van der Waals surface area contributed by atoms with E-state index in [2.05, 4.69) is 0 Å². The van der Waals surface area contributed by atoms with Crippen molar-refractivity contribution in [1.29, 1.82) is 0 Å². The van der Waals surface area contributed by atoms with Gasteiger partial charge >= 0.3 is 0 Å². The molecule has 1 rings (SSSR count). The summed E-state index contributed by atoms with van der Waals surface area (Å²) in [5.74, 6) is 0.269. The fraction of sp³-hybridized carbons (Fsp3) is 0.500. The highest BCUT2D eigenvalue weighted by atomic mass is 35.5. The average molecular weight is 262 g/mol. The number of nitrogens with two attached hydrogens (primary N) is 1. The van der Waals surface area contributed by atoms with E-state index in [9.17, 15) is 5.11 Å². The van der Waals surface area contributed by atoms with Crippen LogP contribution in [0.4, 0.5) is 0 Å². The van der Waals surface area contributed by atoms with Crippen molar-refractivity contribution in [3.8, 4) is 0 Å². The summed E-state index contributed by atoms with van der Waals surface area (Å²) >= 11 is 12.0. The third-order valence-electron chi connectivity index (χ3n) is 2.83. The van der Waals surface area contributed by atoms with Crippen molar-refractivity contribution < 1.29 is 5.11 Å². The summed E-state index contributed by atoms with van der Waals surface area (Å²) in [6.45, 7) is 4.47. The molecule has 0 fully saturated rings. The van der Waals surface area contributed by atoms with Crippen LogP contribution in [-0.4, -0.2) is 11.7 Å². The number of hydrogen-bond donors (Lipinski definition) is 2. The van der Waals surface area contributed by atoms with E-state index in [-0.39, 0.29) is 11.8 Å². The summed E-state index contributed by atoms with van der Waals surface area (Å²) in [6, 6.07) is 5.26. The monoisotopic (exact) mass is 261 g/mol. The van der Waals surface area contributed by atoms with E-state index in [1.54, 1.807) is 18.2 Å². The second-order valence-electron chi connectivity index (χ2n) is 4.23. The molecule has 0 aliphatic carbocycles. The first-order valence-electron chi connectivity index (χ1n) is 5.31. The molecule has 3 N–H and O–H groups in total. The molecule has 2 atom stereocenters. The molecule has 0 spiro atoms. The van der Waals surface area contributed by atoms with Crippen LogP contribution in [0.2, 0.25) is 10.0 Å². The molecule has 90 valence electrons. The summed E-state index contributed by atoms with van der Waals surface area (Å²) in [5, 5.41) is 11.1. The Bertz CT molecular complexity index is 355. The van der Waals surface area contributed by atoms with Gasteiger partial charge in [0.25, 0.3) is 0 Å². The molecule has 0 saturated heterocycles. The number of rotatable bonds is 4. The van der Waals surface area contributed by atoms with Gasteiger partial charge in [0.15, 0.2) is 0 Å². The highest BCUT2D eigenvalue weighted by Crippen LogP contribution is 2.35. The molecule has 1 aromatic carbocycles. The third-order valence-corrected chi connectivity index (χ3v) is 3.67. The summed E-state index contributed by atoms with van der Waals surface area (Å²) in [4.78, 5) is 0. The molecule has 0 amide bonds. The minimum Gasteiger partial charge on any atom is -0.388 e. The highest BCUT2D eigenvalue weighted by molar-refractivity contribution is 6.42. The van der Waals surface area contributed by atoms with Crippen LogP contribution in [0, 0.1) is 11.8 Å². The van der Waals surface area contributed by atoms with Gasteiger partial charge in [0.2, 0.25) is 0 Å². The van der Waals surface area contributed by atoms with Gasteiger partial charge in [-0.05, 0) is 18.5 Å². The SMILES string of the molecule is CC(C)C(CN)C(O)c1cccc(Cl)c1Cl. The molecule has 0 bridgehead atoms. The van der Waals surface area contributed by atoms with E-state index in [4.69, 9.17) is 28.9 Å². The van der Waals surface area contributed by atoms with Gasteiger partial charge in [-0.25, -0.2) is 0 Å². The molecule has 0 aliphatic rings. The average Bonchev–Trinajstić information content (AvgIpc) is 2.22. The van der Waals surface area contributed by atoms with Crippen LogP contribution in [0.15, 0.2) is 18.2 Å². The van der Waals surface area contributed by atoms with E-state index < -0.39 is 6.10 Å².